The van der Waals surface area contributed by atoms with E-state index in [1.807, 2.05) is 13.0 Å². The normalized spacial score (nSPS) is 20.0. The van der Waals surface area contributed by atoms with Gasteiger partial charge in [-0.05, 0) is 45.4 Å². The van der Waals surface area contributed by atoms with Crippen LogP contribution in [0, 0.1) is 0 Å². The molecule has 2 unspecified atom stereocenters. The largest absolute Gasteiger partial charge is 0.386 e. The number of aliphatic hydroxyl groups excluding tert-OH is 1. The third-order valence-corrected chi connectivity index (χ3v) is 5.65. The maximum atomic E-state index is 10.2. The third-order valence-electron chi connectivity index (χ3n) is 4.32. The Morgan fingerprint density at radius 3 is 2.88 bits per heavy atom. The Balaban J connectivity index is 0.00000312. The van der Waals surface area contributed by atoms with E-state index < -0.39 is 6.10 Å². The number of halogens is 2. The molecule has 3 N–H and O–H groups in total. The van der Waals surface area contributed by atoms with E-state index in [-0.39, 0.29) is 24.0 Å². The second-order valence-electron chi connectivity index (χ2n) is 6.18. The van der Waals surface area contributed by atoms with Gasteiger partial charge in [0, 0.05) is 30.6 Å². The zero-order valence-electron chi connectivity index (χ0n) is 15.0. The summed E-state index contributed by atoms with van der Waals surface area (Å²) in [7, 11) is 0. The van der Waals surface area contributed by atoms with E-state index in [2.05, 4.69) is 27.4 Å². The van der Waals surface area contributed by atoms with Crippen molar-refractivity contribution < 1.29 is 5.11 Å². The second-order valence-corrected chi connectivity index (χ2v) is 7.93. The first-order valence-electron chi connectivity index (χ1n) is 8.79. The van der Waals surface area contributed by atoms with E-state index in [0.29, 0.717) is 16.9 Å². The fraction of sp³-hybridized carbons (Fsp3) is 0.706. The van der Waals surface area contributed by atoms with Gasteiger partial charge in [0.05, 0.1) is 10.9 Å². The predicted molar refractivity (Wildman–Crippen MR) is 119 cm³/mol. The van der Waals surface area contributed by atoms with Crippen LogP contribution in [-0.4, -0.2) is 54.7 Å². The van der Waals surface area contributed by atoms with Crippen LogP contribution in [0.25, 0.3) is 0 Å². The highest BCUT2D eigenvalue weighted by atomic mass is 127. The quantitative estimate of drug-likeness (QED) is 0.305. The van der Waals surface area contributed by atoms with Crippen LogP contribution in [0.15, 0.2) is 17.1 Å². The summed E-state index contributed by atoms with van der Waals surface area (Å²) in [5, 5.41) is 16.8. The van der Waals surface area contributed by atoms with Gasteiger partial charge in [0.1, 0.15) is 6.10 Å². The Hall–Kier alpha value is -0.0900. The number of rotatable bonds is 7. The summed E-state index contributed by atoms with van der Waals surface area (Å²) in [5.41, 5.74) is 0. The Morgan fingerprint density at radius 1 is 1.44 bits per heavy atom. The summed E-state index contributed by atoms with van der Waals surface area (Å²) in [6.07, 6.45) is 3.33. The van der Waals surface area contributed by atoms with Crippen LogP contribution in [0.3, 0.4) is 0 Å². The SMILES string of the molecule is CCNC(=NCC(O)c1ccc(Cl)s1)NCCN1CCCCC1C.I. The molecule has 1 saturated heterocycles. The number of thiophene rings is 1. The number of guanidine groups is 1. The molecule has 0 amide bonds. The van der Waals surface area contributed by atoms with Crippen LogP contribution in [0.4, 0.5) is 0 Å². The maximum absolute atomic E-state index is 10.2. The van der Waals surface area contributed by atoms with Gasteiger partial charge in [-0.15, -0.1) is 35.3 Å². The number of piperidine rings is 1. The topological polar surface area (TPSA) is 59.9 Å². The molecule has 0 aliphatic carbocycles. The van der Waals surface area contributed by atoms with E-state index in [9.17, 15) is 5.11 Å². The summed E-state index contributed by atoms with van der Waals surface area (Å²) in [5.74, 6) is 0.754. The van der Waals surface area contributed by atoms with Gasteiger partial charge in [-0.25, -0.2) is 0 Å². The van der Waals surface area contributed by atoms with Gasteiger partial charge in [0.2, 0.25) is 0 Å². The van der Waals surface area contributed by atoms with Crippen molar-refractivity contribution in [1.82, 2.24) is 15.5 Å². The Bertz CT molecular complexity index is 529. The molecule has 0 radical (unpaired) electrons. The second kappa shape index (κ2) is 12.3. The fourth-order valence-electron chi connectivity index (χ4n) is 2.92. The fourth-order valence-corrected chi connectivity index (χ4v) is 3.96. The van der Waals surface area contributed by atoms with Crippen LogP contribution in [0.2, 0.25) is 4.34 Å². The monoisotopic (exact) mass is 500 g/mol. The molecule has 2 atom stereocenters. The van der Waals surface area contributed by atoms with Crippen LogP contribution in [0.5, 0.6) is 0 Å². The van der Waals surface area contributed by atoms with E-state index in [1.54, 1.807) is 6.07 Å². The van der Waals surface area contributed by atoms with Crippen LogP contribution in [-0.2, 0) is 0 Å². The van der Waals surface area contributed by atoms with Gasteiger partial charge in [0.15, 0.2) is 5.96 Å². The van der Waals surface area contributed by atoms with E-state index in [1.165, 1.54) is 37.1 Å². The van der Waals surface area contributed by atoms with Crippen molar-refractivity contribution >= 4 is 52.9 Å². The minimum atomic E-state index is -0.611. The minimum Gasteiger partial charge on any atom is -0.386 e. The number of hydrogen-bond acceptors (Lipinski definition) is 4. The molecule has 144 valence electrons. The number of nitrogens with one attached hydrogen (secondary N) is 2. The molecule has 5 nitrogen and oxygen atoms in total. The van der Waals surface area contributed by atoms with Crippen molar-refractivity contribution in [2.45, 2.75) is 45.3 Å². The average Bonchev–Trinajstić information content (AvgIpc) is 3.00. The molecule has 1 aliphatic rings. The van der Waals surface area contributed by atoms with Crippen molar-refractivity contribution in [3.63, 3.8) is 0 Å². The first-order valence-corrected chi connectivity index (χ1v) is 9.99. The molecule has 0 bridgehead atoms. The highest BCUT2D eigenvalue weighted by Crippen LogP contribution is 2.26. The molecule has 2 heterocycles. The Labute approximate surface area is 177 Å². The standard InChI is InChI=1S/C17H29ClN4OS.HI/c1-3-19-17(20-9-11-22-10-5-4-6-13(22)2)21-12-14(23)15-7-8-16(18)24-15;/h7-8,13-14,23H,3-6,9-12H2,1-2H3,(H2,19,20,21);1H. The molecule has 1 aromatic rings. The van der Waals surface area contributed by atoms with Crippen LogP contribution in [0.1, 0.15) is 44.1 Å². The summed E-state index contributed by atoms with van der Waals surface area (Å²) in [4.78, 5) is 7.87. The molecule has 2 rings (SSSR count). The van der Waals surface area contributed by atoms with Crippen molar-refractivity contribution in [3.05, 3.63) is 21.3 Å². The zero-order valence-corrected chi connectivity index (χ0v) is 18.9. The van der Waals surface area contributed by atoms with Crippen molar-refractivity contribution in [3.8, 4) is 0 Å². The van der Waals surface area contributed by atoms with E-state index >= 15 is 0 Å². The predicted octanol–water partition coefficient (Wildman–Crippen LogP) is 3.48. The zero-order chi connectivity index (χ0) is 17.4. The lowest BCUT2D eigenvalue weighted by molar-refractivity contribution is 0.163. The summed E-state index contributed by atoms with van der Waals surface area (Å²) in [6, 6.07) is 4.33. The Kier molecular flexibility index (Phi) is 11.3. The lowest BCUT2D eigenvalue weighted by atomic mass is 10.0. The van der Waals surface area contributed by atoms with Crippen LogP contribution < -0.4 is 10.6 Å². The molecule has 1 aliphatic heterocycles. The molecule has 1 fully saturated rings. The molecular weight excluding hydrogens is 471 g/mol. The van der Waals surface area contributed by atoms with Gasteiger partial charge >= 0.3 is 0 Å². The smallest absolute Gasteiger partial charge is 0.191 e. The number of aliphatic hydroxyl groups is 1. The summed E-state index contributed by atoms with van der Waals surface area (Å²) >= 11 is 7.31. The highest BCUT2D eigenvalue weighted by Gasteiger charge is 2.17. The van der Waals surface area contributed by atoms with Gasteiger partial charge in [-0.3, -0.25) is 9.89 Å². The van der Waals surface area contributed by atoms with Crippen molar-refractivity contribution in [2.75, 3.05) is 32.7 Å². The lowest BCUT2D eigenvalue weighted by Crippen LogP contribution is -2.45. The molecule has 25 heavy (non-hydrogen) atoms. The minimum absolute atomic E-state index is 0. The molecule has 0 saturated carbocycles. The Morgan fingerprint density at radius 2 is 2.24 bits per heavy atom. The number of nitrogens with zero attached hydrogens (tertiary/aromatic N) is 2. The molecule has 0 aromatic carbocycles. The lowest BCUT2D eigenvalue weighted by Gasteiger charge is -2.33. The highest BCUT2D eigenvalue weighted by molar-refractivity contribution is 14.0. The van der Waals surface area contributed by atoms with Crippen molar-refractivity contribution in [2.24, 2.45) is 4.99 Å². The average molecular weight is 501 g/mol. The first-order chi connectivity index (χ1) is 11.6. The number of hydrogen-bond donors (Lipinski definition) is 3. The van der Waals surface area contributed by atoms with Gasteiger partial charge in [0.25, 0.3) is 0 Å². The number of likely N-dealkylation sites (tertiary alicyclic amines) is 1. The first kappa shape index (κ1) is 23.0. The molecular formula is C17H30ClIN4OS. The van der Waals surface area contributed by atoms with E-state index in [4.69, 9.17) is 11.6 Å². The van der Waals surface area contributed by atoms with Crippen LogP contribution >= 0.6 is 46.9 Å². The van der Waals surface area contributed by atoms with Gasteiger partial charge < -0.3 is 15.7 Å². The summed E-state index contributed by atoms with van der Waals surface area (Å²) < 4.78 is 0.689. The summed E-state index contributed by atoms with van der Waals surface area (Å²) in [6.45, 7) is 8.54. The van der Waals surface area contributed by atoms with Gasteiger partial charge in [-0.1, -0.05) is 18.0 Å². The van der Waals surface area contributed by atoms with Crippen molar-refractivity contribution in [1.29, 1.82) is 0 Å². The molecule has 8 heteroatoms. The molecule has 0 spiro atoms. The van der Waals surface area contributed by atoms with Gasteiger partial charge in [-0.2, -0.15) is 0 Å². The maximum Gasteiger partial charge on any atom is 0.191 e. The third kappa shape index (κ3) is 7.99. The molecule has 1 aromatic heterocycles. The number of aliphatic imine (C=N–C) groups is 1. The van der Waals surface area contributed by atoms with E-state index in [0.717, 1.165) is 30.5 Å².